The zero-order valence-electron chi connectivity index (χ0n) is 11.6. The maximum atomic E-state index is 3.57. The summed E-state index contributed by atoms with van der Waals surface area (Å²) in [6.45, 7) is 12.9. The summed E-state index contributed by atoms with van der Waals surface area (Å²) in [5.41, 5.74) is 0. The van der Waals surface area contributed by atoms with Crippen molar-refractivity contribution in [2.24, 2.45) is 5.92 Å². The summed E-state index contributed by atoms with van der Waals surface area (Å²) in [7, 11) is 0. The second-order valence-electron chi connectivity index (χ2n) is 5.68. The van der Waals surface area contributed by atoms with Gasteiger partial charge < -0.3 is 10.2 Å². The minimum absolute atomic E-state index is 0.667. The SMILES string of the molecule is CCCNC(C)CCN(CC1CC1)C(C)C. The fraction of sp³-hybridized carbons (Fsp3) is 1.00. The fourth-order valence-electron chi connectivity index (χ4n) is 2.04. The lowest BCUT2D eigenvalue weighted by molar-refractivity contribution is 0.202. The topological polar surface area (TPSA) is 15.3 Å². The van der Waals surface area contributed by atoms with Gasteiger partial charge in [0.15, 0.2) is 0 Å². The fourth-order valence-corrected chi connectivity index (χ4v) is 2.04. The van der Waals surface area contributed by atoms with Crippen molar-refractivity contribution in [1.82, 2.24) is 10.2 Å². The molecule has 1 saturated carbocycles. The van der Waals surface area contributed by atoms with Crippen molar-refractivity contribution in [3.63, 3.8) is 0 Å². The first-order valence-corrected chi connectivity index (χ1v) is 7.11. The highest BCUT2D eigenvalue weighted by molar-refractivity contribution is 4.79. The Labute approximate surface area is 102 Å². The van der Waals surface area contributed by atoms with Gasteiger partial charge in [-0.3, -0.25) is 0 Å². The summed E-state index contributed by atoms with van der Waals surface area (Å²) in [5, 5.41) is 3.57. The zero-order valence-corrected chi connectivity index (χ0v) is 11.6. The van der Waals surface area contributed by atoms with Crippen molar-refractivity contribution >= 4 is 0 Å². The minimum Gasteiger partial charge on any atom is -0.314 e. The molecule has 0 amide bonds. The standard InChI is InChI=1S/C14H30N2/c1-5-9-15-13(4)8-10-16(12(2)3)11-14-6-7-14/h12-15H,5-11H2,1-4H3. The highest BCUT2D eigenvalue weighted by Gasteiger charge is 2.25. The Morgan fingerprint density at radius 1 is 1.25 bits per heavy atom. The third-order valence-corrected chi connectivity index (χ3v) is 3.51. The van der Waals surface area contributed by atoms with E-state index < -0.39 is 0 Å². The number of hydrogen-bond acceptors (Lipinski definition) is 2. The second kappa shape index (κ2) is 7.29. The molecule has 1 atom stereocenters. The van der Waals surface area contributed by atoms with Gasteiger partial charge >= 0.3 is 0 Å². The van der Waals surface area contributed by atoms with E-state index in [0.29, 0.717) is 12.1 Å². The first-order chi connectivity index (χ1) is 7.63. The Morgan fingerprint density at radius 2 is 1.94 bits per heavy atom. The molecule has 1 rings (SSSR count). The van der Waals surface area contributed by atoms with E-state index in [1.807, 2.05) is 0 Å². The smallest absolute Gasteiger partial charge is 0.00509 e. The third kappa shape index (κ3) is 5.86. The maximum Gasteiger partial charge on any atom is 0.00509 e. The van der Waals surface area contributed by atoms with Crippen LogP contribution in [-0.2, 0) is 0 Å². The molecule has 0 heterocycles. The maximum absolute atomic E-state index is 3.57. The quantitative estimate of drug-likeness (QED) is 0.650. The van der Waals surface area contributed by atoms with Crippen molar-refractivity contribution in [3.05, 3.63) is 0 Å². The van der Waals surface area contributed by atoms with E-state index in [9.17, 15) is 0 Å². The Kier molecular flexibility index (Phi) is 6.37. The molecule has 2 nitrogen and oxygen atoms in total. The molecule has 1 aliphatic carbocycles. The molecule has 1 N–H and O–H groups in total. The predicted molar refractivity (Wildman–Crippen MR) is 71.8 cm³/mol. The van der Waals surface area contributed by atoms with Gasteiger partial charge in [-0.15, -0.1) is 0 Å². The molecule has 0 radical (unpaired) electrons. The highest BCUT2D eigenvalue weighted by Crippen LogP contribution is 2.30. The Morgan fingerprint density at radius 3 is 2.44 bits per heavy atom. The molecule has 1 fully saturated rings. The molecule has 0 spiro atoms. The summed E-state index contributed by atoms with van der Waals surface area (Å²) < 4.78 is 0. The van der Waals surface area contributed by atoms with Crippen LogP contribution in [0.4, 0.5) is 0 Å². The van der Waals surface area contributed by atoms with E-state index in [-0.39, 0.29) is 0 Å². The lowest BCUT2D eigenvalue weighted by Crippen LogP contribution is -2.37. The van der Waals surface area contributed by atoms with Gasteiger partial charge in [-0.25, -0.2) is 0 Å². The summed E-state index contributed by atoms with van der Waals surface area (Å²) in [5.74, 6) is 1.02. The van der Waals surface area contributed by atoms with Crippen LogP contribution < -0.4 is 5.32 Å². The number of hydrogen-bond donors (Lipinski definition) is 1. The molecule has 0 bridgehead atoms. The van der Waals surface area contributed by atoms with Crippen molar-refractivity contribution < 1.29 is 0 Å². The van der Waals surface area contributed by atoms with Crippen LogP contribution in [0, 0.1) is 5.92 Å². The van der Waals surface area contributed by atoms with Gasteiger partial charge in [-0.1, -0.05) is 6.92 Å². The van der Waals surface area contributed by atoms with E-state index >= 15 is 0 Å². The number of nitrogens with zero attached hydrogens (tertiary/aromatic N) is 1. The van der Waals surface area contributed by atoms with Crippen LogP contribution in [0.2, 0.25) is 0 Å². The van der Waals surface area contributed by atoms with E-state index in [0.717, 1.165) is 12.5 Å². The van der Waals surface area contributed by atoms with E-state index in [2.05, 4.69) is 37.9 Å². The first kappa shape index (κ1) is 14.0. The molecular formula is C14H30N2. The molecule has 16 heavy (non-hydrogen) atoms. The summed E-state index contributed by atoms with van der Waals surface area (Å²) >= 11 is 0. The molecule has 0 aromatic heterocycles. The Balaban J connectivity index is 2.14. The van der Waals surface area contributed by atoms with E-state index in [1.165, 1.54) is 38.8 Å². The Bertz CT molecular complexity index is 176. The van der Waals surface area contributed by atoms with Crippen LogP contribution in [0.1, 0.15) is 53.4 Å². The Hall–Kier alpha value is -0.0800. The van der Waals surface area contributed by atoms with E-state index in [4.69, 9.17) is 0 Å². The summed E-state index contributed by atoms with van der Waals surface area (Å²) in [6.07, 6.45) is 5.45. The van der Waals surface area contributed by atoms with Crippen LogP contribution in [-0.4, -0.2) is 36.6 Å². The lowest BCUT2D eigenvalue weighted by atomic mass is 10.2. The van der Waals surface area contributed by atoms with Gasteiger partial charge in [0, 0.05) is 18.6 Å². The minimum atomic E-state index is 0.667. The normalized spacial score (nSPS) is 18.4. The highest BCUT2D eigenvalue weighted by atomic mass is 15.2. The van der Waals surface area contributed by atoms with Gasteiger partial charge in [-0.2, -0.15) is 0 Å². The molecule has 0 aliphatic heterocycles. The lowest BCUT2D eigenvalue weighted by Gasteiger charge is -2.28. The van der Waals surface area contributed by atoms with Gasteiger partial charge in [0.05, 0.1) is 0 Å². The van der Waals surface area contributed by atoms with Crippen LogP contribution in [0.15, 0.2) is 0 Å². The van der Waals surface area contributed by atoms with Gasteiger partial charge in [0.2, 0.25) is 0 Å². The monoisotopic (exact) mass is 226 g/mol. The first-order valence-electron chi connectivity index (χ1n) is 7.11. The van der Waals surface area contributed by atoms with Crippen LogP contribution in [0.25, 0.3) is 0 Å². The van der Waals surface area contributed by atoms with Crippen molar-refractivity contribution in [3.8, 4) is 0 Å². The molecule has 0 aromatic carbocycles. The average molecular weight is 226 g/mol. The largest absolute Gasteiger partial charge is 0.314 e. The third-order valence-electron chi connectivity index (χ3n) is 3.51. The van der Waals surface area contributed by atoms with Crippen LogP contribution >= 0.6 is 0 Å². The molecule has 0 aromatic rings. The number of rotatable bonds is 9. The van der Waals surface area contributed by atoms with Gasteiger partial charge in [0.25, 0.3) is 0 Å². The van der Waals surface area contributed by atoms with E-state index in [1.54, 1.807) is 0 Å². The molecule has 2 heteroatoms. The molecular weight excluding hydrogens is 196 g/mol. The molecule has 1 aliphatic rings. The molecule has 96 valence electrons. The summed E-state index contributed by atoms with van der Waals surface area (Å²) in [6, 6.07) is 1.37. The zero-order chi connectivity index (χ0) is 12.0. The van der Waals surface area contributed by atoms with Gasteiger partial charge in [0.1, 0.15) is 0 Å². The summed E-state index contributed by atoms with van der Waals surface area (Å²) in [4.78, 5) is 2.65. The molecule has 1 unspecified atom stereocenters. The van der Waals surface area contributed by atoms with Crippen LogP contribution in [0.5, 0.6) is 0 Å². The predicted octanol–water partition coefficient (Wildman–Crippen LogP) is 2.89. The van der Waals surface area contributed by atoms with Gasteiger partial charge in [-0.05, 0) is 65.5 Å². The second-order valence-corrected chi connectivity index (χ2v) is 5.68. The molecule has 0 saturated heterocycles. The average Bonchev–Trinajstić information content (AvgIpc) is 3.04. The van der Waals surface area contributed by atoms with Crippen molar-refractivity contribution in [2.45, 2.75) is 65.5 Å². The number of nitrogens with one attached hydrogen (secondary N) is 1. The van der Waals surface area contributed by atoms with Crippen LogP contribution in [0.3, 0.4) is 0 Å². The van der Waals surface area contributed by atoms with Crippen molar-refractivity contribution in [2.75, 3.05) is 19.6 Å². The van der Waals surface area contributed by atoms with Crippen molar-refractivity contribution in [1.29, 1.82) is 0 Å².